The van der Waals surface area contributed by atoms with Crippen LogP contribution in [0.25, 0.3) is 0 Å². The fourth-order valence-electron chi connectivity index (χ4n) is 3.18. The first-order chi connectivity index (χ1) is 16.8. The number of anilines is 1. The molecule has 1 aromatic carbocycles. The molecule has 3 aromatic rings. The molecule has 0 atom stereocenters. The Balaban J connectivity index is 1.71. The number of nitrogens with two attached hydrogens (primary N) is 1. The fraction of sp³-hybridized carbons (Fsp3) is 0.261. The highest BCUT2D eigenvalue weighted by Crippen LogP contribution is 2.33. The van der Waals surface area contributed by atoms with Crippen LogP contribution in [-0.4, -0.2) is 45.4 Å². The van der Waals surface area contributed by atoms with E-state index in [-0.39, 0.29) is 27.8 Å². The number of hydrogen-bond donors (Lipinski definition) is 2. The number of aromatic nitrogens is 3. The van der Waals surface area contributed by atoms with E-state index in [4.69, 9.17) is 15.2 Å². The van der Waals surface area contributed by atoms with Gasteiger partial charge in [-0.3, -0.25) is 14.2 Å². The van der Waals surface area contributed by atoms with Crippen molar-refractivity contribution < 1.29 is 23.9 Å². The maximum atomic E-state index is 12.7. The Hall–Kier alpha value is -3.64. The zero-order valence-electron chi connectivity index (χ0n) is 19.5. The molecule has 0 aliphatic heterocycles. The van der Waals surface area contributed by atoms with Crippen LogP contribution in [0.2, 0.25) is 0 Å². The molecule has 10 nitrogen and oxygen atoms in total. The summed E-state index contributed by atoms with van der Waals surface area (Å²) in [6.07, 6.45) is 1.70. The number of para-hydroxylation sites is 1. The highest BCUT2D eigenvalue weighted by atomic mass is 32.2. The average Bonchev–Trinajstić information content (AvgIpc) is 3.37. The number of esters is 1. The molecule has 0 bridgehead atoms. The third-order valence-electron chi connectivity index (χ3n) is 4.90. The standard InChI is InChI=1S/C23H25N5O5S2/c1-5-10-28-16(11-33-15-9-7-6-8-13(15)2)26-27-23(28)34-12-17(29)25-21-18(22(31)32-4)14(3)19(35-21)20(24)30/h5-9H,1,10-12H2,2-4H3,(H2,24,30)(H,25,29). The number of aryl methyl sites for hydroxylation is 1. The van der Waals surface area contributed by atoms with Gasteiger partial charge in [0, 0.05) is 6.54 Å². The molecule has 0 saturated heterocycles. The first kappa shape index (κ1) is 26.0. The highest BCUT2D eigenvalue weighted by Gasteiger charge is 2.25. The van der Waals surface area contributed by atoms with Crippen molar-refractivity contribution in [3.05, 3.63) is 64.3 Å². The molecule has 3 N–H and O–H groups in total. The predicted octanol–water partition coefficient (Wildman–Crippen LogP) is 3.34. The average molecular weight is 516 g/mol. The number of ether oxygens (including phenoxy) is 2. The zero-order valence-corrected chi connectivity index (χ0v) is 21.1. The second-order valence-electron chi connectivity index (χ2n) is 7.31. The topological polar surface area (TPSA) is 138 Å². The van der Waals surface area contributed by atoms with Gasteiger partial charge in [-0.1, -0.05) is 36.0 Å². The van der Waals surface area contributed by atoms with Crippen LogP contribution in [0.15, 0.2) is 42.1 Å². The molecule has 184 valence electrons. The first-order valence-electron chi connectivity index (χ1n) is 10.4. The maximum Gasteiger partial charge on any atom is 0.341 e. The number of primary amides is 1. The Morgan fingerprint density at radius 2 is 2.00 bits per heavy atom. The van der Waals surface area contributed by atoms with E-state index in [1.807, 2.05) is 35.8 Å². The quantitative estimate of drug-likeness (QED) is 0.225. The smallest absolute Gasteiger partial charge is 0.341 e. The van der Waals surface area contributed by atoms with Crippen LogP contribution < -0.4 is 15.8 Å². The van der Waals surface area contributed by atoms with Crippen LogP contribution in [0, 0.1) is 13.8 Å². The van der Waals surface area contributed by atoms with Gasteiger partial charge in [0.05, 0.1) is 23.3 Å². The van der Waals surface area contributed by atoms with Crippen molar-refractivity contribution in [2.75, 3.05) is 18.2 Å². The summed E-state index contributed by atoms with van der Waals surface area (Å²) >= 11 is 2.10. The number of nitrogens with one attached hydrogen (secondary N) is 1. The summed E-state index contributed by atoms with van der Waals surface area (Å²) in [6.45, 7) is 7.94. The third kappa shape index (κ3) is 6.08. The number of benzene rings is 1. The number of rotatable bonds is 11. The zero-order chi connectivity index (χ0) is 25.5. The van der Waals surface area contributed by atoms with E-state index in [2.05, 4.69) is 22.1 Å². The highest BCUT2D eigenvalue weighted by molar-refractivity contribution is 7.99. The second-order valence-corrected chi connectivity index (χ2v) is 9.27. The Morgan fingerprint density at radius 3 is 2.66 bits per heavy atom. The number of hydrogen-bond acceptors (Lipinski definition) is 9. The first-order valence-corrected chi connectivity index (χ1v) is 12.2. The van der Waals surface area contributed by atoms with Gasteiger partial charge in [-0.15, -0.1) is 28.1 Å². The molecule has 0 aliphatic carbocycles. The van der Waals surface area contributed by atoms with E-state index in [1.54, 1.807) is 13.0 Å². The number of methoxy groups -OCH3 is 1. The van der Waals surface area contributed by atoms with Gasteiger partial charge in [0.15, 0.2) is 11.0 Å². The van der Waals surface area contributed by atoms with Crippen molar-refractivity contribution in [2.24, 2.45) is 5.73 Å². The molecule has 0 aliphatic rings. The van der Waals surface area contributed by atoms with E-state index in [0.29, 0.717) is 23.1 Å². The Morgan fingerprint density at radius 1 is 1.26 bits per heavy atom. The predicted molar refractivity (Wildman–Crippen MR) is 134 cm³/mol. The van der Waals surface area contributed by atoms with Gasteiger partial charge in [-0.2, -0.15) is 0 Å². The maximum absolute atomic E-state index is 12.7. The summed E-state index contributed by atoms with van der Waals surface area (Å²) in [6, 6.07) is 7.66. The van der Waals surface area contributed by atoms with E-state index >= 15 is 0 Å². The van der Waals surface area contributed by atoms with Crippen LogP contribution in [0.1, 0.15) is 37.0 Å². The second kappa shape index (κ2) is 11.7. The number of allylic oxidation sites excluding steroid dienone is 1. The van der Waals surface area contributed by atoms with Crippen LogP contribution >= 0.6 is 23.1 Å². The monoisotopic (exact) mass is 515 g/mol. The minimum atomic E-state index is -0.689. The van der Waals surface area contributed by atoms with Crippen molar-refractivity contribution in [1.82, 2.24) is 14.8 Å². The summed E-state index contributed by atoms with van der Waals surface area (Å²) in [4.78, 5) is 36.7. The van der Waals surface area contributed by atoms with E-state index in [0.717, 1.165) is 22.6 Å². The SMILES string of the molecule is C=CCn1c(COc2ccccc2C)nnc1SCC(=O)Nc1sc(C(N)=O)c(C)c1C(=O)OC. The molecule has 3 rings (SSSR count). The van der Waals surface area contributed by atoms with Crippen LogP contribution in [0.3, 0.4) is 0 Å². The molecule has 2 heterocycles. The molecule has 0 spiro atoms. The molecule has 0 unspecified atom stereocenters. The lowest BCUT2D eigenvalue weighted by Gasteiger charge is -2.10. The summed E-state index contributed by atoms with van der Waals surface area (Å²) in [5.74, 6) is -0.439. The summed E-state index contributed by atoms with van der Waals surface area (Å²) in [7, 11) is 1.22. The molecular weight excluding hydrogens is 490 g/mol. The van der Waals surface area contributed by atoms with Gasteiger partial charge in [0.1, 0.15) is 17.4 Å². The number of amides is 2. The lowest BCUT2D eigenvalue weighted by atomic mass is 10.1. The van der Waals surface area contributed by atoms with Crippen LogP contribution in [-0.2, 0) is 22.7 Å². The van der Waals surface area contributed by atoms with E-state index in [9.17, 15) is 14.4 Å². The normalized spacial score (nSPS) is 10.6. The molecule has 12 heteroatoms. The number of thioether (sulfide) groups is 1. The lowest BCUT2D eigenvalue weighted by molar-refractivity contribution is -0.113. The Kier molecular flexibility index (Phi) is 8.66. The Labute approximate surface area is 210 Å². The van der Waals surface area contributed by atoms with Crippen molar-refractivity contribution in [3.8, 4) is 5.75 Å². The largest absolute Gasteiger partial charge is 0.485 e. The molecule has 35 heavy (non-hydrogen) atoms. The minimum Gasteiger partial charge on any atom is -0.485 e. The Bertz CT molecular complexity index is 1270. The van der Waals surface area contributed by atoms with E-state index in [1.165, 1.54) is 18.9 Å². The number of carbonyl (C=O) groups is 3. The fourth-order valence-corrected chi connectivity index (χ4v) is 5.01. The molecule has 2 amide bonds. The minimum absolute atomic E-state index is 0.0165. The molecule has 0 fully saturated rings. The molecule has 2 aromatic heterocycles. The van der Waals surface area contributed by atoms with Crippen molar-refractivity contribution >= 4 is 45.9 Å². The van der Waals surface area contributed by atoms with E-state index < -0.39 is 17.8 Å². The van der Waals surface area contributed by atoms with Gasteiger partial charge in [-0.25, -0.2) is 4.79 Å². The van der Waals surface area contributed by atoms with Gasteiger partial charge in [0.25, 0.3) is 5.91 Å². The lowest BCUT2D eigenvalue weighted by Crippen LogP contribution is -2.16. The molecule has 0 radical (unpaired) electrons. The number of thiophene rings is 1. The van der Waals surface area contributed by atoms with Crippen LogP contribution in [0.4, 0.5) is 5.00 Å². The van der Waals surface area contributed by atoms with Gasteiger partial charge in [-0.05, 0) is 31.0 Å². The summed E-state index contributed by atoms with van der Waals surface area (Å²) in [5, 5.41) is 11.8. The van der Waals surface area contributed by atoms with Gasteiger partial charge in [0.2, 0.25) is 5.91 Å². The molecule has 0 saturated carbocycles. The van der Waals surface area contributed by atoms with Crippen LogP contribution in [0.5, 0.6) is 5.75 Å². The van der Waals surface area contributed by atoms with Crippen molar-refractivity contribution in [1.29, 1.82) is 0 Å². The summed E-state index contributed by atoms with van der Waals surface area (Å²) < 4.78 is 12.5. The number of nitrogens with zero attached hydrogens (tertiary/aromatic N) is 3. The molecular formula is C23H25N5O5S2. The summed E-state index contributed by atoms with van der Waals surface area (Å²) in [5.41, 5.74) is 6.86. The van der Waals surface area contributed by atoms with Crippen molar-refractivity contribution in [3.63, 3.8) is 0 Å². The van der Waals surface area contributed by atoms with Gasteiger partial charge >= 0.3 is 5.97 Å². The van der Waals surface area contributed by atoms with Crippen molar-refractivity contribution in [2.45, 2.75) is 32.2 Å². The third-order valence-corrected chi connectivity index (χ3v) is 7.09. The van der Waals surface area contributed by atoms with Gasteiger partial charge < -0.3 is 20.5 Å². The number of carbonyl (C=O) groups excluding carboxylic acids is 3.